The summed E-state index contributed by atoms with van der Waals surface area (Å²) in [6.07, 6.45) is -1.52. The molecule has 0 aromatic heterocycles. The predicted octanol–water partition coefficient (Wildman–Crippen LogP) is 1.27. The molecule has 164 valence electrons. The molecule has 8 nitrogen and oxygen atoms in total. The number of esters is 1. The number of benzene rings is 1. The maximum absolute atomic E-state index is 11.9. The Kier molecular flexibility index (Phi) is 9.83. The van der Waals surface area contributed by atoms with E-state index in [4.69, 9.17) is 14.2 Å². The molecule has 5 atom stereocenters. The molecule has 0 unspecified atom stereocenters. The van der Waals surface area contributed by atoms with Crippen LogP contribution >= 0.6 is 0 Å². The van der Waals surface area contributed by atoms with Gasteiger partial charge in [0.15, 0.2) is 0 Å². The summed E-state index contributed by atoms with van der Waals surface area (Å²) in [7, 11) is 0. The fraction of sp³-hybridized carbons (Fsp3) is 0.667. The number of carbonyl (C=O) groups excluding carboxylic acids is 1. The molecule has 1 aliphatic rings. The van der Waals surface area contributed by atoms with Crippen molar-refractivity contribution < 1.29 is 39.4 Å². The summed E-state index contributed by atoms with van der Waals surface area (Å²) in [5.41, 5.74) is 0.481. The van der Waals surface area contributed by atoms with Crippen molar-refractivity contribution in [1.29, 1.82) is 0 Å². The molecule has 1 aliphatic heterocycles. The summed E-state index contributed by atoms with van der Waals surface area (Å²) in [5.74, 6) is -0.119. The number of para-hydroxylation sites is 1. The highest BCUT2D eigenvalue weighted by Gasteiger charge is 2.45. The Hall–Kier alpha value is -1.71. The number of hydrogen-bond donors (Lipinski definition) is 4. The molecular formula is C21H32O8. The van der Waals surface area contributed by atoms with Crippen molar-refractivity contribution in [3.05, 3.63) is 29.8 Å². The average Bonchev–Trinajstić information content (AvgIpc) is 2.73. The van der Waals surface area contributed by atoms with Crippen molar-refractivity contribution in [1.82, 2.24) is 0 Å². The van der Waals surface area contributed by atoms with Gasteiger partial charge >= 0.3 is 5.97 Å². The van der Waals surface area contributed by atoms with E-state index in [0.29, 0.717) is 5.56 Å². The predicted molar refractivity (Wildman–Crippen MR) is 104 cm³/mol. The minimum Gasteiger partial charge on any atom is -0.463 e. The highest BCUT2D eigenvalue weighted by atomic mass is 16.7. The van der Waals surface area contributed by atoms with Crippen LogP contribution in [0.25, 0.3) is 0 Å². The monoisotopic (exact) mass is 412 g/mol. The summed E-state index contributed by atoms with van der Waals surface area (Å²) < 4.78 is 16.3. The van der Waals surface area contributed by atoms with Gasteiger partial charge in [-0.3, -0.25) is 4.79 Å². The van der Waals surface area contributed by atoms with Crippen LogP contribution in [-0.4, -0.2) is 63.7 Å². The van der Waals surface area contributed by atoms with Gasteiger partial charge in [0.2, 0.25) is 6.29 Å². The van der Waals surface area contributed by atoms with Crippen molar-refractivity contribution in [2.45, 2.75) is 82.8 Å². The van der Waals surface area contributed by atoms with Gasteiger partial charge in [-0.25, -0.2) is 0 Å². The van der Waals surface area contributed by atoms with E-state index in [-0.39, 0.29) is 25.4 Å². The molecule has 2 rings (SSSR count). The van der Waals surface area contributed by atoms with E-state index in [1.807, 2.05) is 0 Å². The van der Waals surface area contributed by atoms with Crippen LogP contribution in [-0.2, 0) is 20.9 Å². The minimum atomic E-state index is -1.53. The molecule has 0 aliphatic carbocycles. The number of carbonyl (C=O) groups is 1. The molecule has 1 saturated heterocycles. The Labute approximate surface area is 171 Å². The van der Waals surface area contributed by atoms with Crippen LogP contribution in [0.4, 0.5) is 0 Å². The zero-order valence-electron chi connectivity index (χ0n) is 16.8. The van der Waals surface area contributed by atoms with Gasteiger partial charge in [0.25, 0.3) is 0 Å². The molecule has 1 fully saturated rings. The molecule has 1 aromatic carbocycles. The molecule has 0 saturated carbocycles. The van der Waals surface area contributed by atoms with Gasteiger partial charge in [-0.15, -0.1) is 0 Å². The standard InChI is InChI=1S/C21H32O8/c1-2-3-4-5-6-11-17(23)27-13-16-18(24)19(25)20(26)21(29-16)28-15-10-8-7-9-14(15)12-22/h7-10,16,18-22,24-26H,2-6,11-13H2,1H3/t16-,18-,19+,20-,21-/m1/s1. The summed E-state index contributed by atoms with van der Waals surface area (Å²) in [6, 6.07) is 6.65. The Morgan fingerprint density at radius 2 is 1.76 bits per heavy atom. The number of unbranched alkanes of at least 4 members (excludes halogenated alkanes) is 4. The van der Waals surface area contributed by atoms with Crippen molar-refractivity contribution in [2.75, 3.05) is 6.61 Å². The first kappa shape index (κ1) is 23.6. The smallest absolute Gasteiger partial charge is 0.305 e. The van der Waals surface area contributed by atoms with Gasteiger partial charge in [0.1, 0.15) is 36.8 Å². The average molecular weight is 412 g/mol. The molecule has 0 radical (unpaired) electrons. The van der Waals surface area contributed by atoms with Crippen LogP contribution in [0, 0.1) is 0 Å². The summed E-state index contributed by atoms with van der Waals surface area (Å²) >= 11 is 0. The quantitative estimate of drug-likeness (QED) is 0.316. The number of rotatable bonds is 11. The molecule has 1 aromatic rings. The van der Waals surface area contributed by atoms with E-state index in [9.17, 15) is 25.2 Å². The first-order valence-corrected chi connectivity index (χ1v) is 10.2. The fourth-order valence-electron chi connectivity index (χ4n) is 3.15. The first-order valence-electron chi connectivity index (χ1n) is 10.2. The van der Waals surface area contributed by atoms with Gasteiger partial charge in [0, 0.05) is 12.0 Å². The van der Waals surface area contributed by atoms with Gasteiger partial charge in [-0.2, -0.15) is 0 Å². The van der Waals surface area contributed by atoms with Crippen molar-refractivity contribution in [3.63, 3.8) is 0 Å². The normalized spacial score (nSPS) is 26.9. The molecule has 0 amide bonds. The lowest BCUT2D eigenvalue weighted by Crippen LogP contribution is -2.60. The molecule has 8 heteroatoms. The van der Waals surface area contributed by atoms with Crippen LogP contribution < -0.4 is 4.74 Å². The third kappa shape index (κ3) is 6.94. The van der Waals surface area contributed by atoms with E-state index in [1.165, 1.54) is 0 Å². The van der Waals surface area contributed by atoms with Crippen LogP contribution in [0.15, 0.2) is 24.3 Å². The van der Waals surface area contributed by atoms with E-state index in [1.54, 1.807) is 24.3 Å². The summed E-state index contributed by atoms with van der Waals surface area (Å²) in [5, 5.41) is 39.9. The molecule has 1 heterocycles. The number of aliphatic hydroxyl groups is 4. The lowest BCUT2D eigenvalue weighted by atomic mass is 9.99. The number of ether oxygens (including phenoxy) is 3. The zero-order chi connectivity index (χ0) is 21.2. The molecule has 0 spiro atoms. The van der Waals surface area contributed by atoms with Crippen LogP contribution in [0.2, 0.25) is 0 Å². The number of aliphatic hydroxyl groups excluding tert-OH is 4. The second-order valence-electron chi connectivity index (χ2n) is 7.25. The van der Waals surface area contributed by atoms with E-state index < -0.39 is 36.7 Å². The summed E-state index contributed by atoms with van der Waals surface area (Å²) in [6.45, 7) is 1.58. The third-order valence-corrected chi connectivity index (χ3v) is 4.95. The molecule has 0 bridgehead atoms. The molecule has 4 N–H and O–H groups in total. The first-order chi connectivity index (χ1) is 14.0. The van der Waals surface area contributed by atoms with Crippen LogP contribution in [0.3, 0.4) is 0 Å². The van der Waals surface area contributed by atoms with E-state index >= 15 is 0 Å². The largest absolute Gasteiger partial charge is 0.463 e. The van der Waals surface area contributed by atoms with Gasteiger partial charge < -0.3 is 34.6 Å². The Balaban J connectivity index is 1.88. The van der Waals surface area contributed by atoms with Gasteiger partial charge in [-0.1, -0.05) is 50.8 Å². The van der Waals surface area contributed by atoms with Crippen molar-refractivity contribution in [3.8, 4) is 5.75 Å². The maximum atomic E-state index is 11.9. The van der Waals surface area contributed by atoms with Crippen molar-refractivity contribution in [2.24, 2.45) is 0 Å². The van der Waals surface area contributed by atoms with Crippen LogP contribution in [0.5, 0.6) is 5.75 Å². The topological polar surface area (TPSA) is 126 Å². The Morgan fingerprint density at radius 3 is 2.48 bits per heavy atom. The van der Waals surface area contributed by atoms with Gasteiger partial charge in [-0.05, 0) is 12.5 Å². The highest BCUT2D eigenvalue weighted by molar-refractivity contribution is 5.69. The summed E-state index contributed by atoms with van der Waals surface area (Å²) in [4.78, 5) is 11.9. The second-order valence-corrected chi connectivity index (χ2v) is 7.25. The second kappa shape index (κ2) is 12.1. The third-order valence-electron chi connectivity index (χ3n) is 4.95. The molecular weight excluding hydrogens is 380 g/mol. The lowest BCUT2D eigenvalue weighted by molar-refractivity contribution is -0.278. The SMILES string of the molecule is CCCCCCCC(=O)OC[C@H]1O[C@@H](Oc2ccccc2CO)[C@H](O)[C@@H](O)[C@@H]1O. The minimum absolute atomic E-state index is 0.264. The number of hydrogen-bond acceptors (Lipinski definition) is 8. The fourth-order valence-corrected chi connectivity index (χ4v) is 3.15. The van der Waals surface area contributed by atoms with Crippen molar-refractivity contribution >= 4 is 5.97 Å². The van der Waals surface area contributed by atoms with Gasteiger partial charge in [0.05, 0.1) is 6.61 Å². The van der Waals surface area contributed by atoms with E-state index in [0.717, 1.165) is 32.1 Å². The lowest BCUT2D eigenvalue weighted by Gasteiger charge is -2.40. The molecule has 29 heavy (non-hydrogen) atoms. The zero-order valence-corrected chi connectivity index (χ0v) is 16.8. The van der Waals surface area contributed by atoms with Crippen LogP contribution in [0.1, 0.15) is 51.0 Å². The highest BCUT2D eigenvalue weighted by Crippen LogP contribution is 2.27. The van der Waals surface area contributed by atoms with E-state index in [2.05, 4.69) is 6.92 Å². The Morgan fingerprint density at radius 1 is 1.03 bits per heavy atom. The maximum Gasteiger partial charge on any atom is 0.305 e. The Bertz CT molecular complexity index is 622.